The SMILES string of the molecule is CCCC(CC)c1ccc(F)c(O[C@@H]2CCOC2)c1. The molecule has 1 aliphatic rings. The number of benzene rings is 1. The Hall–Kier alpha value is -1.09. The van der Waals surface area contributed by atoms with E-state index in [1.807, 2.05) is 12.1 Å². The van der Waals surface area contributed by atoms with E-state index in [0.29, 0.717) is 24.9 Å². The molecule has 1 aliphatic heterocycles. The van der Waals surface area contributed by atoms with E-state index in [9.17, 15) is 4.39 Å². The Morgan fingerprint density at radius 1 is 1.42 bits per heavy atom. The van der Waals surface area contributed by atoms with Crippen molar-refractivity contribution in [3.05, 3.63) is 29.6 Å². The minimum Gasteiger partial charge on any atom is -0.485 e. The third kappa shape index (κ3) is 3.69. The van der Waals surface area contributed by atoms with E-state index in [0.717, 1.165) is 25.7 Å². The van der Waals surface area contributed by atoms with Gasteiger partial charge in [0.1, 0.15) is 6.10 Å². The number of rotatable bonds is 6. The van der Waals surface area contributed by atoms with Gasteiger partial charge in [-0.05, 0) is 36.5 Å². The number of ether oxygens (including phenoxy) is 2. The van der Waals surface area contributed by atoms with Gasteiger partial charge in [-0.25, -0.2) is 4.39 Å². The van der Waals surface area contributed by atoms with Crippen LogP contribution >= 0.6 is 0 Å². The van der Waals surface area contributed by atoms with Crippen LogP contribution in [0.1, 0.15) is 51.0 Å². The molecule has 0 aliphatic carbocycles. The fourth-order valence-electron chi connectivity index (χ4n) is 2.60. The first kappa shape index (κ1) is 14.3. The lowest BCUT2D eigenvalue weighted by Crippen LogP contribution is -2.16. The number of hydrogen-bond donors (Lipinski definition) is 0. The lowest BCUT2D eigenvalue weighted by Gasteiger charge is -2.18. The van der Waals surface area contributed by atoms with Crippen molar-refractivity contribution in [2.24, 2.45) is 0 Å². The summed E-state index contributed by atoms with van der Waals surface area (Å²) in [6.45, 7) is 5.63. The van der Waals surface area contributed by atoms with Gasteiger partial charge in [0, 0.05) is 6.42 Å². The second kappa shape index (κ2) is 6.90. The van der Waals surface area contributed by atoms with Crippen molar-refractivity contribution >= 4 is 0 Å². The molecular weight excluding hydrogens is 243 g/mol. The smallest absolute Gasteiger partial charge is 0.165 e. The highest BCUT2D eigenvalue weighted by Crippen LogP contribution is 2.30. The molecule has 0 amide bonds. The van der Waals surface area contributed by atoms with Gasteiger partial charge in [0.2, 0.25) is 0 Å². The Kier molecular flexibility index (Phi) is 5.20. The second-order valence-corrected chi connectivity index (χ2v) is 5.19. The van der Waals surface area contributed by atoms with Crippen molar-refractivity contribution in [1.29, 1.82) is 0 Å². The molecule has 0 saturated carbocycles. The molecule has 2 nitrogen and oxygen atoms in total. The van der Waals surface area contributed by atoms with Gasteiger partial charge < -0.3 is 9.47 Å². The average Bonchev–Trinajstić information content (AvgIpc) is 2.92. The highest BCUT2D eigenvalue weighted by Gasteiger charge is 2.20. The fraction of sp³-hybridized carbons (Fsp3) is 0.625. The highest BCUT2D eigenvalue weighted by molar-refractivity contribution is 5.32. The van der Waals surface area contributed by atoms with E-state index >= 15 is 0 Å². The van der Waals surface area contributed by atoms with Crippen LogP contribution in [0.5, 0.6) is 5.75 Å². The van der Waals surface area contributed by atoms with Crippen LogP contribution in [-0.2, 0) is 4.74 Å². The Labute approximate surface area is 114 Å². The molecule has 0 N–H and O–H groups in total. The second-order valence-electron chi connectivity index (χ2n) is 5.19. The maximum atomic E-state index is 13.8. The molecule has 106 valence electrons. The quantitative estimate of drug-likeness (QED) is 0.764. The van der Waals surface area contributed by atoms with Gasteiger partial charge in [-0.1, -0.05) is 26.3 Å². The first-order chi connectivity index (χ1) is 9.24. The minimum absolute atomic E-state index is 0.00370. The zero-order chi connectivity index (χ0) is 13.7. The first-order valence-corrected chi connectivity index (χ1v) is 7.28. The van der Waals surface area contributed by atoms with Crippen LogP contribution in [0, 0.1) is 5.82 Å². The van der Waals surface area contributed by atoms with Crippen LogP contribution < -0.4 is 4.74 Å². The van der Waals surface area contributed by atoms with Crippen molar-refractivity contribution in [2.75, 3.05) is 13.2 Å². The van der Waals surface area contributed by atoms with Gasteiger partial charge in [0.25, 0.3) is 0 Å². The van der Waals surface area contributed by atoms with Crippen molar-refractivity contribution in [3.63, 3.8) is 0 Å². The molecular formula is C16H23FO2. The summed E-state index contributed by atoms with van der Waals surface area (Å²) >= 11 is 0. The third-order valence-electron chi connectivity index (χ3n) is 3.74. The number of halogens is 1. The van der Waals surface area contributed by atoms with Crippen LogP contribution in [0.3, 0.4) is 0 Å². The molecule has 0 aromatic heterocycles. The molecule has 19 heavy (non-hydrogen) atoms. The molecule has 1 fully saturated rings. The molecule has 1 unspecified atom stereocenters. The summed E-state index contributed by atoms with van der Waals surface area (Å²) in [5.41, 5.74) is 1.18. The standard InChI is InChI=1S/C16H23FO2/c1-3-5-12(4-2)13-6-7-15(17)16(10-13)19-14-8-9-18-11-14/h6-7,10,12,14H,3-5,8-9,11H2,1-2H3/t12?,14-/m1/s1. The van der Waals surface area contributed by atoms with Crippen molar-refractivity contribution in [2.45, 2.75) is 51.6 Å². The van der Waals surface area contributed by atoms with Crippen LogP contribution in [-0.4, -0.2) is 19.3 Å². The zero-order valence-corrected chi connectivity index (χ0v) is 11.8. The summed E-state index contributed by atoms with van der Waals surface area (Å²) < 4.78 is 24.8. The molecule has 0 spiro atoms. The topological polar surface area (TPSA) is 18.5 Å². The van der Waals surface area contributed by atoms with Crippen LogP contribution in [0.25, 0.3) is 0 Å². The minimum atomic E-state index is -0.276. The third-order valence-corrected chi connectivity index (χ3v) is 3.74. The summed E-state index contributed by atoms with van der Waals surface area (Å²) in [5, 5.41) is 0. The van der Waals surface area contributed by atoms with Gasteiger partial charge in [-0.3, -0.25) is 0 Å². The first-order valence-electron chi connectivity index (χ1n) is 7.28. The van der Waals surface area contributed by atoms with Crippen molar-refractivity contribution in [1.82, 2.24) is 0 Å². The van der Waals surface area contributed by atoms with Gasteiger partial charge >= 0.3 is 0 Å². The summed E-state index contributed by atoms with van der Waals surface area (Å²) in [4.78, 5) is 0. The largest absolute Gasteiger partial charge is 0.485 e. The van der Waals surface area contributed by atoms with E-state index in [-0.39, 0.29) is 11.9 Å². The predicted octanol–water partition coefficient (Wildman–Crippen LogP) is 4.29. The van der Waals surface area contributed by atoms with E-state index in [4.69, 9.17) is 9.47 Å². The molecule has 1 aromatic carbocycles. The normalized spacial score (nSPS) is 20.5. The molecule has 0 radical (unpaired) electrons. The highest BCUT2D eigenvalue weighted by atomic mass is 19.1. The maximum absolute atomic E-state index is 13.8. The van der Waals surface area contributed by atoms with E-state index in [1.54, 1.807) is 0 Å². The predicted molar refractivity (Wildman–Crippen MR) is 74.2 cm³/mol. The van der Waals surface area contributed by atoms with E-state index in [1.165, 1.54) is 11.6 Å². The van der Waals surface area contributed by atoms with Gasteiger partial charge in [0.05, 0.1) is 13.2 Å². The molecule has 0 bridgehead atoms. The Balaban J connectivity index is 2.13. The van der Waals surface area contributed by atoms with Gasteiger partial charge in [0.15, 0.2) is 11.6 Å². The van der Waals surface area contributed by atoms with Crippen molar-refractivity contribution in [3.8, 4) is 5.75 Å². The van der Waals surface area contributed by atoms with Crippen LogP contribution in [0.15, 0.2) is 18.2 Å². The van der Waals surface area contributed by atoms with Crippen molar-refractivity contribution < 1.29 is 13.9 Å². The van der Waals surface area contributed by atoms with E-state index in [2.05, 4.69) is 13.8 Å². The molecule has 1 heterocycles. The monoisotopic (exact) mass is 266 g/mol. The number of hydrogen-bond acceptors (Lipinski definition) is 2. The molecule has 3 heteroatoms. The molecule has 2 atom stereocenters. The summed E-state index contributed by atoms with van der Waals surface area (Å²) in [5.74, 6) is 0.595. The van der Waals surface area contributed by atoms with Gasteiger partial charge in [-0.15, -0.1) is 0 Å². The lowest BCUT2D eigenvalue weighted by molar-refractivity contribution is 0.138. The van der Waals surface area contributed by atoms with E-state index < -0.39 is 0 Å². The Bertz CT molecular complexity index is 400. The Morgan fingerprint density at radius 3 is 2.89 bits per heavy atom. The van der Waals surface area contributed by atoms with Crippen LogP contribution in [0.2, 0.25) is 0 Å². The lowest BCUT2D eigenvalue weighted by atomic mass is 9.92. The summed E-state index contributed by atoms with van der Waals surface area (Å²) in [7, 11) is 0. The zero-order valence-electron chi connectivity index (χ0n) is 11.8. The fourth-order valence-corrected chi connectivity index (χ4v) is 2.60. The van der Waals surface area contributed by atoms with Gasteiger partial charge in [-0.2, -0.15) is 0 Å². The van der Waals surface area contributed by atoms with Crippen LogP contribution in [0.4, 0.5) is 4.39 Å². The molecule has 1 saturated heterocycles. The maximum Gasteiger partial charge on any atom is 0.165 e. The molecule has 1 aromatic rings. The molecule has 2 rings (SSSR count). The average molecular weight is 266 g/mol. The Morgan fingerprint density at radius 2 is 2.26 bits per heavy atom. The summed E-state index contributed by atoms with van der Waals surface area (Å²) in [6.07, 6.45) is 4.19. The summed E-state index contributed by atoms with van der Waals surface area (Å²) in [6, 6.07) is 5.29.